The summed E-state index contributed by atoms with van der Waals surface area (Å²) < 4.78 is 1.94. The molecule has 1 aromatic heterocycles. The van der Waals surface area contributed by atoms with Crippen LogP contribution in [0.5, 0.6) is 0 Å². The molecular weight excluding hydrogens is 228 g/mol. The van der Waals surface area contributed by atoms with Crippen molar-refractivity contribution in [1.29, 1.82) is 0 Å². The number of amides is 1. The van der Waals surface area contributed by atoms with Crippen molar-refractivity contribution in [1.82, 2.24) is 9.47 Å². The normalized spacial score (nSPS) is 12.7. The number of aryl methyl sites for hydroxylation is 1. The van der Waals surface area contributed by atoms with Crippen LogP contribution >= 0.6 is 0 Å². The highest BCUT2D eigenvalue weighted by atomic mass is 16.3. The molecule has 0 saturated carbocycles. The number of rotatable bonds is 3. The summed E-state index contributed by atoms with van der Waals surface area (Å²) in [6.45, 7) is 2.01. The third-order valence-electron chi connectivity index (χ3n) is 3.01. The third-order valence-corrected chi connectivity index (χ3v) is 3.01. The standard InChI is InChI=1S/C14H18N2O2/c1-10(17)8-16(3)14(18)12-9-15(2)13-7-5-4-6-11(12)13/h4-7,9-10,17H,8H2,1-3H3. The Bertz CT molecular complexity index is 572. The number of likely N-dealkylation sites (N-methyl/N-ethyl adjacent to an activating group) is 1. The molecule has 0 saturated heterocycles. The van der Waals surface area contributed by atoms with Crippen molar-refractivity contribution in [3.8, 4) is 0 Å². The van der Waals surface area contributed by atoms with Crippen molar-refractivity contribution >= 4 is 16.8 Å². The van der Waals surface area contributed by atoms with Crippen molar-refractivity contribution in [3.05, 3.63) is 36.0 Å². The number of carbonyl (C=O) groups is 1. The number of para-hydroxylation sites is 1. The molecule has 18 heavy (non-hydrogen) atoms. The Labute approximate surface area is 106 Å². The van der Waals surface area contributed by atoms with Crippen LogP contribution in [-0.4, -0.2) is 40.2 Å². The average molecular weight is 246 g/mol. The number of benzene rings is 1. The molecule has 1 heterocycles. The van der Waals surface area contributed by atoms with Crippen LogP contribution in [0.25, 0.3) is 10.9 Å². The van der Waals surface area contributed by atoms with Gasteiger partial charge in [-0.3, -0.25) is 4.79 Å². The van der Waals surface area contributed by atoms with Crippen molar-refractivity contribution in [2.75, 3.05) is 13.6 Å². The SMILES string of the molecule is CC(O)CN(C)C(=O)c1cn(C)c2ccccc12. The summed E-state index contributed by atoms with van der Waals surface area (Å²) in [5.41, 5.74) is 1.71. The fourth-order valence-electron chi connectivity index (χ4n) is 2.20. The number of hydrogen-bond donors (Lipinski definition) is 1. The Kier molecular flexibility index (Phi) is 3.39. The lowest BCUT2D eigenvalue weighted by Gasteiger charge is -2.18. The van der Waals surface area contributed by atoms with Gasteiger partial charge in [0.1, 0.15) is 0 Å². The first-order chi connectivity index (χ1) is 8.50. The molecule has 1 N–H and O–H groups in total. The van der Waals surface area contributed by atoms with Crippen LogP contribution in [0.4, 0.5) is 0 Å². The maximum Gasteiger partial charge on any atom is 0.255 e. The van der Waals surface area contributed by atoms with Gasteiger partial charge in [-0.05, 0) is 13.0 Å². The highest BCUT2D eigenvalue weighted by Crippen LogP contribution is 2.21. The minimum absolute atomic E-state index is 0.0623. The van der Waals surface area contributed by atoms with Gasteiger partial charge in [0.05, 0.1) is 11.7 Å². The Morgan fingerprint density at radius 1 is 1.44 bits per heavy atom. The zero-order valence-corrected chi connectivity index (χ0v) is 10.9. The fraction of sp³-hybridized carbons (Fsp3) is 0.357. The van der Waals surface area contributed by atoms with E-state index in [9.17, 15) is 9.90 Å². The van der Waals surface area contributed by atoms with Gasteiger partial charge in [0.25, 0.3) is 5.91 Å². The quantitative estimate of drug-likeness (QED) is 0.894. The number of aromatic nitrogens is 1. The summed E-state index contributed by atoms with van der Waals surface area (Å²) in [6, 6.07) is 7.81. The summed E-state index contributed by atoms with van der Waals surface area (Å²) in [6.07, 6.45) is 1.32. The summed E-state index contributed by atoms with van der Waals surface area (Å²) >= 11 is 0. The highest BCUT2D eigenvalue weighted by molar-refractivity contribution is 6.06. The minimum atomic E-state index is -0.520. The second kappa shape index (κ2) is 4.82. The van der Waals surface area contributed by atoms with Gasteiger partial charge in [-0.25, -0.2) is 0 Å². The zero-order chi connectivity index (χ0) is 13.3. The molecule has 0 aliphatic carbocycles. The van der Waals surface area contributed by atoms with Crippen LogP contribution in [-0.2, 0) is 7.05 Å². The Hall–Kier alpha value is -1.81. The monoisotopic (exact) mass is 246 g/mol. The molecule has 0 spiro atoms. The lowest BCUT2D eigenvalue weighted by atomic mass is 10.1. The molecule has 0 aliphatic heterocycles. The molecule has 96 valence electrons. The second-order valence-electron chi connectivity index (χ2n) is 4.71. The van der Waals surface area contributed by atoms with Crippen LogP contribution in [0.1, 0.15) is 17.3 Å². The van der Waals surface area contributed by atoms with Gasteiger partial charge in [-0.15, -0.1) is 0 Å². The van der Waals surface area contributed by atoms with Crippen LogP contribution in [0.15, 0.2) is 30.5 Å². The van der Waals surface area contributed by atoms with Crippen LogP contribution in [0, 0.1) is 0 Å². The predicted octanol–water partition coefficient (Wildman–Crippen LogP) is 1.63. The van der Waals surface area contributed by atoms with Gasteiger partial charge in [0, 0.05) is 37.7 Å². The smallest absolute Gasteiger partial charge is 0.255 e. The summed E-state index contributed by atoms with van der Waals surface area (Å²) in [5.74, 6) is -0.0623. The summed E-state index contributed by atoms with van der Waals surface area (Å²) in [4.78, 5) is 13.9. The van der Waals surface area contributed by atoms with E-state index in [1.54, 1.807) is 18.9 Å². The topological polar surface area (TPSA) is 45.5 Å². The number of hydrogen-bond acceptors (Lipinski definition) is 2. The molecule has 4 nitrogen and oxygen atoms in total. The lowest BCUT2D eigenvalue weighted by Crippen LogP contribution is -2.32. The number of aliphatic hydroxyl groups is 1. The molecule has 1 amide bonds. The van der Waals surface area contributed by atoms with E-state index in [2.05, 4.69) is 0 Å². The van der Waals surface area contributed by atoms with Gasteiger partial charge in [-0.2, -0.15) is 0 Å². The van der Waals surface area contributed by atoms with E-state index in [1.807, 2.05) is 42.1 Å². The van der Waals surface area contributed by atoms with Crippen molar-refractivity contribution in [2.45, 2.75) is 13.0 Å². The Morgan fingerprint density at radius 2 is 2.11 bits per heavy atom. The molecule has 1 atom stereocenters. The van der Waals surface area contributed by atoms with E-state index in [0.717, 1.165) is 10.9 Å². The molecule has 2 rings (SSSR count). The van der Waals surface area contributed by atoms with E-state index in [-0.39, 0.29) is 5.91 Å². The van der Waals surface area contributed by atoms with E-state index in [1.165, 1.54) is 0 Å². The van der Waals surface area contributed by atoms with Crippen LogP contribution < -0.4 is 0 Å². The van der Waals surface area contributed by atoms with Crippen LogP contribution in [0.2, 0.25) is 0 Å². The lowest BCUT2D eigenvalue weighted by molar-refractivity contribution is 0.0705. The maximum atomic E-state index is 12.3. The van der Waals surface area contributed by atoms with Crippen molar-refractivity contribution < 1.29 is 9.90 Å². The number of aliphatic hydroxyl groups excluding tert-OH is 1. The first-order valence-corrected chi connectivity index (χ1v) is 5.98. The van der Waals surface area contributed by atoms with E-state index in [0.29, 0.717) is 12.1 Å². The van der Waals surface area contributed by atoms with Gasteiger partial charge in [0.2, 0.25) is 0 Å². The highest BCUT2D eigenvalue weighted by Gasteiger charge is 2.18. The first-order valence-electron chi connectivity index (χ1n) is 5.98. The predicted molar refractivity (Wildman–Crippen MR) is 71.6 cm³/mol. The molecule has 0 bridgehead atoms. The average Bonchev–Trinajstić information content (AvgIpc) is 2.66. The van der Waals surface area contributed by atoms with Crippen molar-refractivity contribution in [3.63, 3.8) is 0 Å². The molecule has 0 aliphatic rings. The zero-order valence-electron chi connectivity index (χ0n) is 10.9. The van der Waals surface area contributed by atoms with Gasteiger partial charge in [0.15, 0.2) is 0 Å². The van der Waals surface area contributed by atoms with Gasteiger partial charge in [-0.1, -0.05) is 18.2 Å². The number of carbonyl (C=O) groups excluding carboxylic acids is 1. The van der Waals surface area contributed by atoms with Gasteiger partial charge < -0.3 is 14.6 Å². The molecular formula is C14H18N2O2. The third kappa shape index (κ3) is 2.24. The van der Waals surface area contributed by atoms with E-state index >= 15 is 0 Å². The number of nitrogens with zero attached hydrogens (tertiary/aromatic N) is 2. The van der Waals surface area contributed by atoms with Crippen LogP contribution in [0.3, 0.4) is 0 Å². The molecule has 0 fully saturated rings. The molecule has 2 aromatic rings. The van der Waals surface area contributed by atoms with E-state index in [4.69, 9.17) is 0 Å². The molecule has 1 aromatic carbocycles. The maximum absolute atomic E-state index is 12.3. The first kappa shape index (κ1) is 12.6. The van der Waals surface area contributed by atoms with E-state index < -0.39 is 6.10 Å². The fourth-order valence-corrected chi connectivity index (χ4v) is 2.20. The largest absolute Gasteiger partial charge is 0.392 e. The Morgan fingerprint density at radius 3 is 2.78 bits per heavy atom. The van der Waals surface area contributed by atoms with Gasteiger partial charge >= 0.3 is 0 Å². The molecule has 0 radical (unpaired) electrons. The number of fused-ring (bicyclic) bond motifs is 1. The molecule has 4 heteroatoms. The molecule has 1 unspecified atom stereocenters. The second-order valence-corrected chi connectivity index (χ2v) is 4.71. The van der Waals surface area contributed by atoms with Crippen molar-refractivity contribution in [2.24, 2.45) is 7.05 Å². The Balaban J connectivity index is 2.39. The minimum Gasteiger partial charge on any atom is -0.392 e. The summed E-state index contributed by atoms with van der Waals surface area (Å²) in [7, 11) is 3.63. The summed E-state index contributed by atoms with van der Waals surface area (Å²) in [5, 5.41) is 10.3.